The molecule has 7 heteroatoms. The Kier molecular flexibility index (Phi) is 4.83. The monoisotopic (exact) mass is 440 g/mol. The van der Waals surface area contributed by atoms with E-state index in [9.17, 15) is 14.0 Å². The van der Waals surface area contributed by atoms with Gasteiger partial charge in [0, 0.05) is 21.7 Å². The van der Waals surface area contributed by atoms with Gasteiger partial charge in [-0.05, 0) is 30.3 Å². The van der Waals surface area contributed by atoms with E-state index in [0.717, 1.165) is 14.9 Å². The normalized spacial score (nSPS) is 15.4. The largest absolute Gasteiger partial charge is 0.457 e. The predicted octanol–water partition coefficient (Wildman–Crippen LogP) is 4.94. The molecule has 0 atom stereocenters. The number of carbonyl (C=O) groups is 2. The van der Waals surface area contributed by atoms with E-state index in [2.05, 4.69) is 21.2 Å². The highest BCUT2D eigenvalue weighted by Crippen LogP contribution is 2.26. The number of imide groups is 1. The summed E-state index contributed by atoms with van der Waals surface area (Å²) < 4.78 is 20.5. The van der Waals surface area contributed by atoms with Crippen LogP contribution >= 0.6 is 15.9 Å². The number of hydrogen-bond donors (Lipinski definition) is 1. The first kappa shape index (κ1) is 18.2. The van der Waals surface area contributed by atoms with Gasteiger partial charge in [0.05, 0.1) is 6.54 Å². The van der Waals surface area contributed by atoms with Crippen molar-refractivity contribution in [3.8, 4) is 11.3 Å². The van der Waals surface area contributed by atoms with Crippen molar-refractivity contribution in [1.82, 2.24) is 10.2 Å². The Bertz CT molecular complexity index is 1090. The second-order valence-corrected chi connectivity index (χ2v) is 7.10. The van der Waals surface area contributed by atoms with Crippen molar-refractivity contribution in [2.45, 2.75) is 6.54 Å². The lowest BCUT2D eigenvalue weighted by atomic mass is 10.2. The third kappa shape index (κ3) is 3.61. The van der Waals surface area contributed by atoms with Crippen molar-refractivity contribution in [2.24, 2.45) is 0 Å². The van der Waals surface area contributed by atoms with Crippen molar-refractivity contribution in [1.29, 1.82) is 0 Å². The Labute approximate surface area is 168 Å². The maximum absolute atomic E-state index is 13.8. The first-order valence-corrected chi connectivity index (χ1v) is 9.24. The zero-order valence-electron chi connectivity index (χ0n) is 14.5. The predicted molar refractivity (Wildman–Crippen MR) is 105 cm³/mol. The summed E-state index contributed by atoms with van der Waals surface area (Å²) in [6, 6.07) is 16.5. The molecule has 4 rings (SSSR count). The lowest BCUT2D eigenvalue weighted by Crippen LogP contribution is -2.30. The van der Waals surface area contributed by atoms with Crippen LogP contribution in [0.25, 0.3) is 17.4 Å². The Morgan fingerprint density at radius 2 is 1.79 bits per heavy atom. The summed E-state index contributed by atoms with van der Waals surface area (Å²) in [5.41, 5.74) is 1.23. The van der Waals surface area contributed by atoms with Gasteiger partial charge in [-0.3, -0.25) is 9.69 Å². The first-order chi connectivity index (χ1) is 13.5. The number of nitrogens with zero attached hydrogens (tertiary/aromatic N) is 1. The van der Waals surface area contributed by atoms with Crippen LogP contribution in [-0.4, -0.2) is 16.8 Å². The van der Waals surface area contributed by atoms with Crippen molar-refractivity contribution < 1.29 is 18.4 Å². The summed E-state index contributed by atoms with van der Waals surface area (Å²) in [7, 11) is 0. The average molecular weight is 441 g/mol. The number of benzene rings is 2. The van der Waals surface area contributed by atoms with E-state index < -0.39 is 17.8 Å². The third-order valence-corrected chi connectivity index (χ3v) is 4.82. The number of rotatable bonds is 4. The van der Waals surface area contributed by atoms with Gasteiger partial charge in [-0.15, -0.1) is 0 Å². The number of carbonyl (C=O) groups excluding carboxylic acids is 2. The van der Waals surface area contributed by atoms with Gasteiger partial charge in [0.1, 0.15) is 23.0 Å². The van der Waals surface area contributed by atoms with Crippen LogP contribution in [0.4, 0.5) is 9.18 Å². The first-order valence-electron chi connectivity index (χ1n) is 8.45. The van der Waals surface area contributed by atoms with Gasteiger partial charge in [-0.2, -0.15) is 0 Å². The van der Waals surface area contributed by atoms with Crippen LogP contribution in [-0.2, 0) is 11.3 Å². The van der Waals surface area contributed by atoms with E-state index in [1.54, 1.807) is 24.3 Å². The maximum Gasteiger partial charge on any atom is 0.329 e. The maximum atomic E-state index is 13.8. The standard InChI is InChI=1S/C21H14BrFN2O3/c22-15-7-5-13(6-8-15)19-10-9-16(28-19)11-18-20(26)25(21(27)24-18)12-14-3-1-2-4-17(14)23/h1-11H,12H2,(H,24,27)/b18-11-. The van der Waals surface area contributed by atoms with Crippen LogP contribution < -0.4 is 5.32 Å². The van der Waals surface area contributed by atoms with Gasteiger partial charge in [0.2, 0.25) is 0 Å². The highest BCUT2D eigenvalue weighted by Gasteiger charge is 2.34. The van der Waals surface area contributed by atoms with E-state index in [1.165, 1.54) is 18.2 Å². The molecule has 2 heterocycles. The summed E-state index contributed by atoms with van der Waals surface area (Å²) in [5.74, 6) is 0.0641. The molecule has 1 aliphatic heterocycles. The van der Waals surface area contributed by atoms with Crippen LogP contribution in [0.2, 0.25) is 0 Å². The van der Waals surface area contributed by atoms with Crippen LogP contribution in [0.1, 0.15) is 11.3 Å². The Balaban J connectivity index is 1.54. The minimum absolute atomic E-state index is 0.0815. The lowest BCUT2D eigenvalue weighted by Gasteiger charge is -2.12. The molecule has 140 valence electrons. The van der Waals surface area contributed by atoms with Crippen molar-refractivity contribution in [2.75, 3.05) is 0 Å². The molecule has 1 aliphatic rings. The summed E-state index contributed by atoms with van der Waals surface area (Å²) in [4.78, 5) is 25.7. The molecular weight excluding hydrogens is 427 g/mol. The molecule has 0 unspecified atom stereocenters. The average Bonchev–Trinajstić information content (AvgIpc) is 3.24. The second-order valence-electron chi connectivity index (χ2n) is 6.18. The summed E-state index contributed by atoms with van der Waals surface area (Å²) in [6.07, 6.45) is 1.46. The minimum atomic E-state index is -0.598. The lowest BCUT2D eigenvalue weighted by molar-refractivity contribution is -0.123. The van der Waals surface area contributed by atoms with Gasteiger partial charge >= 0.3 is 6.03 Å². The molecule has 1 saturated heterocycles. The van der Waals surface area contributed by atoms with Crippen LogP contribution in [0.3, 0.4) is 0 Å². The SMILES string of the molecule is O=C1N/C(=C\c2ccc(-c3ccc(Br)cc3)o2)C(=O)N1Cc1ccccc1F. The number of hydrogen-bond acceptors (Lipinski definition) is 3. The van der Waals surface area contributed by atoms with Gasteiger partial charge in [-0.1, -0.05) is 46.3 Å². The van der Waals surface area contributed by atoms with Crippen molar-refractivity contribution >= 4 is 33.9 Å². The van der Waals surface area contributed by atoms with E-state index in [1.807, 2.05) is 24.3 Å². The van der Waals surface area contributed by atoms with Gasteiger partial charge in [-0.25, -0.2) is 9.18 Å². The summed E-state index contributed by atoms with van der Waals surface area (Å²) in [6.45, 7) is -0.142. The molecule has 5 nitrogen and oxygen atoms in total. The van der Waals surface area contributed by atoms with Gasteiger partial charge in [0.15, 0.2) is 0 Å². The fourth-order valence-electron chi connectivity index (χ4n) is 2.85. The topological polar surface area (TPSA) is 62.6 Å². The van der Waals surface area contributed by atoms with E-state index >= 15 is 0 Å². The number of nitrogens with one attached hydrogen (secondary N) is 1. The molecule has 3 aromatic rings. The molecule has 2 aromatic carbocycles. The smallest absolute Gasteiger partial charge is 0.329 e. The summed E-state index contributed by atoms with van der Waals surface area (Å²) >= 11 is 3.38. The van der Waals surface area contributed by atoms with E-state index in [4.69, 9.17) is 4.42 Å². The summed E-state index contributed by atoms with van der Waals surface area (Å²) in [5, 5.41) is 2.51. The van der Waals surface area contributed by atoms with E-state index in [-0.39, 0.29) is 17.8 Å². The fraction of sp³-hybridized carbons (Fsp3) is 0.0476. The van der Waals surface area contributed by atoms with Crippen LogP contribution in [0, 0.1) is 5.82 Å². The number of amides is 3. The minimum Gasteiger partial charge on any atom is -0.457 e. The molecule has 0 spiro atoms. The Morgan fingerprint density at radius 3 is 2.54 bits per heavy atom. The Hall–Kier alpha value is -3.19. The molecule has 28 heavy (non-hydrogen) atoms. The highest BCUT2D eigenvalue weighted by atomic mass is 79.9. The number of furan rings is 1. The quantitative estimate of drug-likeness (QED) is 0.461. The zero-order valence-corrected chi connectivity index (χ0v) is 16.1. The molecule has 0 bridgehead atoms. The second kappa shape index (κ2) is 7.44. The molecular formula is C21H14BrFN2O3. The van der Waals surface area contributed by atoms with E-state index in [0.29, 0.717) is 11.5 Å². The molecule has 1 fully saturated rings. The molecule has 3 amide bonds. The van der Waals surface area contributed by atoms with Crippen molar-refractivity contribution in [3.05, 3.63) is 88.0 Å². The zero-order chi connectivity index (χ0) is 19.7. The van der Waals surface area contributed by atoms with Crippen LogP contribution in [0.15, 0.2) is 75.3 Å². The van der Waals surface area contributed by atoms with Gasteiger partial charge in [0.25, 0.3) is 5.91 Å². The molecule has 1 N–H and O–H groups in total. The van der Waals surface area contributed by atoms with Crippen molar-refractivity contribution in [3.63, 3.8) is 0 Å². The van der Waals surface area contributed by atoms with Gasteiger partial charge < -0.3 is 9.73 Å². The highest BCUT2D eigenvalue weighted by molar-refractivity contribution is 9.10. The molecule has 0 saturated carbocycles. The third-order valence-electron chi connectivity index (χ3n) is 4.29. The fourth-order valence-corrected chi connectivity index (χ4v) is 3.12. The molecule has 0 radical (unpaired) electrons. The Morgan fingerprint density at radius 1 is 1.04 bits per heavy atom. The molecule has 0 aliphatic carbocycles. The number of halogens is 2. The number of urea groups is 1. The van der Waals surface area contributed by atoms with Crippen LogP contribution in [0.5, 0.6) is 0 Å². The molecule has 1 aromatic heterocycles.